The second kappa shape index (κ2) is 8.62. The van der Waals surface area contributed by atoms with Crippen LogP contribution in [0.1, 0.15) is 50.9 Å². The number of rotatable bonds is 8. The van der Waals surface area contributed by atoms with Gasteiger partial charge in [-0.15, -0.1) is 0 Å². The van der Waals surface area contributed by atoms with Crippen molar-refractivity contribution >= 4 is 5.91 Å². The average Bonchev–Trinajstić information content (AvgIpc) is 2.61. The number of carbonyl (C=O) groups excluding carboxylic acids is 1. The van der Waals surface area contributed by atoms with Crippen molar-refractivity contribution in [2.75, 3.05) is 0 Å². The van der Waals surface area contributed by atoms with Crippen molar-refractivity contribution in [3.8, 4) is 5.75 Å². The number of nitrogens with zero attached hydrogens (tertiary/aromatic N) is 1. The van der Waals surface area contributed by atoms with E-state index in [4.69, 9.17) is 10.5 Å². The lowest BCUT2D eigenvalue weighted by atomic mass is 9.95. The minimum absolute atomic E-state index is 0.137. The summed E-state index contributed by atoms with van der Waals surface area (Å²) in [4.78, 5) is 16.6. The fourth-order valence-corrected chi connectivity index (χ4v) is 2.59. The molecule has 0 fully saturated rings. The van der Waals surface area contributed by atoms with Crippen molar-refractivity contribution in [3.05, 3.63) is 59.9 Å². The molecular weight excluding hydrogens is 314 g/mol. The number of benzene rings is 1. The first-order valence-electron chi connectivity index (χ1n) is 8.65. The Morgan fingerprint density at radius 1 is 1.32 bits per heavy atom. The predicted octanol–water partition coefficient (Wildman–Crippen LogP) is 3.36. The highest BCUT2D eigenvalue weighted by atomic mass is 16.5. The molecule has 0 spiro atoms. The largest absolute Gasteiger partial charge is 0.487 e. The van der Waals surface area contributed by atoms with Gasteiger partial charge in [-0.05, 0) is 50.1 Å². The molecule has 134 valence electrons. The molecule has 5 nitrogen and oxygen atoms in total. The first-order chi connectivity index (χ1) is 11.9. The third-order valence-electron chi connectivity index (χ3n) is 4.11. The fraction of sp³-hybridized carbons (Fsp3) is 0.400. The molecular formula is C20H27N3O2. The van der Waals surface area contributed by atoms with Crippen molar-refractivity contribution < 1.29 is 9.53 Å². The Balaban J connectivity index is 1.98. The van der Waals surface area contributed by atoms with E-state index in [1.54, 1.807) is 13.1 Å². The monoisotopic (exact) mass is 341 g/mol. The normalized spacial score (nSPS) is 14.4. The molecule has 2 aromatic rings. The first kappa shape index (κ1) is 18.9. The van der Waals surface area contributed by atoms with Crippen molar-refractivity contribution in [2.45, 2.75) is 51.8 Å². The van der Waals surface area contributed by atoms with Crippen molar-refractivity contribution in [1.29, 1.82) is 0 Å². The first-order valence-corrected chi connectivity index (χ1v) is 8.65. The zero-order chi connectivity index (χ0) is 18.3. The summed E-state index contributed by atoms with van der Waals surface area (Å²) in [6, 6.07) is 13.3. The van der Waals surface area contributed by atoms with Crippen molar-refractivity contribution in [1.82, 2.24) is 10.3 Å². The highest BCUT2D eigenvalue weighted by molar-refractivity contribution is 5.85. The molecule has 2 rings (SSSR count). The second-order valence-electron chi connectivity index (χ2n) is 6.54. The van der Waals surface area contributed by atoms with Crippen LogP contribution in [0.5, 0.6) is 5.75 Å². The van der Waals surface area contributed by atoms with Gasteiger partial charge in [0.15, 0.2) is 0 Å². The van der Waals surface area contributed by atoms with Gasteiger partial charge in [0, 0.05) is 6.20 Å². The quantitative estimate of drug-likeness (QED) is 0.772. The predicted molar refractivity (Wildman–Crippen MR) is 99.1 cm³/mol. The Hall–Kier alpha value is -2.40. The molecule has 0 aliphatic heterocycles. The molecule has 0 radical (unpaired) electrons. The van der Waals surface area contributed by atoms with E-state index < -0.39 is 5.54 Å². The second-order valence-corrected chi connectivity index (χ2v) is 6.54. The number of nitrogens with one attached hydrogen (secondary N) is 1. The summed E-state index contributed by atoms with van der Waals surface area (Å²) in [5.74, 6) is 0.606. The van der Waals surface area contributed by atoms with Gasteiger partial charge in [0.1, 0.15) is 12.4 Å². The number of amides is 1. The van der Waals surface area contributed by atoms with Crippen LogP contribution >= 0.6 is 0 Å². The fourth-order valence-electron chi connectivity index (χ4n) is 2.59. The van der Waals surface area contributed by atoms with E-state index >= 15 is 0 Å². The Morgan fingerprint density at radius 2 is 2.12 bits per heavy atom. The number of pyridine rings is 1. The Bertz CT molecular complexity index is 686. The Labute approximate surface area is 149 Å². The number of hydrogen-bond donors (Lipinski definition) is 2. The van der Waals surface area contributed by atoms with Gasteiger partial charge in [-0.3, -0.25) is 9.78 Å². The lowest BCUT2D eigenvalue weighted by molar-refractivity contribution is -0.126. The van der Waals surface area contributed by atoms with Crippen LogP contribution in [0.2, 0.25) is 0 Å². The highest BCUT2D eigenvalue weighted by Gasteiger charge is 2.28. The topological polar surface area (TPSA) is 77.2 Å². The Morgan fingerprint density at radius 3 is 2.80 bits per heavy atom. The summed E-state index contributed by atoms with van der Waals surface area (Å²) in [7, 11) is 0. The summed E-state index contributed by atoms with van der Waals surface area (Å²) >= 11 is 0. The van der Waals surface area contributed by atoms with Gasteiger partial charge >= 0.3 is 0 Å². The third kappa shape index (κ3) is 5.57. The molecule has 1 heterocycles. The molecule has 1 aromatic heterocycles. The van der Waals surface area contributed by atoms with Crippen LogP contribution in [0.15, 0.2) is 48.7 Å². The van der Waals surface area contributed by atoms with Gasteiger partial charge in [-0.25, -0.2) is 0 Å². The van der Waals surface area contributed by atoms with E-state index in [2.05, 4.69) is 10.3 Å². The third-order valence-corrected chi connectivity index (χ3v) is 4.11. The molecule has 1 aromatic carbocycles. The maximum Gasteiger partial charge on any atom is 0.240 e. The zero-order valence-electron chi connectivity index (χ0n) is 15.2. The maximum absolute atomic E-state index is 12.4. The summed E-state index contributed by atoms with van der Waals surface area (Å²) in [6.07, 6.45) is 3.26. The van der Waals surface area contributed by atoms with E-state index in [-0.39, 0.29) is 11.9 Å². The van der Waals surface area contributed by atoms with E-state index in [9.17, 15) is 4.79 Å². The molecule has 0 saturated carbocycles. The molecule has 0 saturated heterocycles. The molecule has 25 heavy (non-hydrogen) atoms. The van der Waals surface area contributed by atoms with Crippen LogP contribution in [0.25, 0.3) is 0 Å². The van der Waals surface area contributed by atoms with Crippen LogP contribution in [-0.4, -0.2) is 16.4 Å². The number of carbonyl (C=O) groups is 1. The van der Waals surface area contributed by atoms with Gasteiger partial charge in [-0.1, -0.05) is 31.5 Å². The van der Waals surface area contributed by atoms with Gasteiger partial charge in [0.25, 0.3) is 0 Å². The Kier molecular flexibility index (Phi) is 6.53. The van der Waals surface area contributed by atoms with E-state index in [0.29, 0.717) is 13.0 Å². The SMILES string of the molecule is CCCC(C)(N)C(=O)NC(C)c1cccc(OCc2ccccn2)c1. The summed E-state index contributed by atoms with van der Waals surface area (Å²) in [6.45, 7) is 6.13. The zero-order valence-corrected chi connectivity index (χ0v) is 15.2. The van der Waals surface area contributed by atoms with Gasteiger partial charge < -0.3 is 15.8 Å². The van der Waals surface area contributed by atoms with Crippen LogP contribution in [0.3, 0.4) is 0 Å². The molecule has 3 N–H and O–H groups in total. The van der Waals surface area contributed by atoms with E-state index in [1.807, 2.05) is 56.3 Å². The van der Waals surface area contributed by atoms with E-state index in [1.165, 1.54) is 0 Å². The van der Waals surface area contributed by atoms with Crippen LogP contribution < -0.4 is 15.8 Å². The van der Waals surface area contributed by atoms with E-state index in [0.717, 1.165) is 23.4 Å². The van der Waals surface area contributed by atoms with Gasteiger partial charge in [0.2, 0.25) is 5.91 Å². The van der Waals surface area contributed by atoms with Gasteiger partial charge in [0.05, 0.1) is 17.3 Å². The summed E-state index contributed by atoms with van der Waals surface area (Å²) in [5, 5.41) is 2.99. The minimum Gasteiger partial charge on any atom is -0.487 e. The molecule has 0 bridgehead atoms. The molecule has 0 aliphatic carbocycles. The lowest BCUT2D eigenvalue weighted by Crippen LogP contribution is -2.52. The number of aromatic nitrogens is 1. The highest BCUT2D eigenvalue weighted by Crippen LogP contribution is 2.21. The molecule has 2 unspecified atom stereocenters. The maximum atomic E-state index is 12.4. The van der Waals surface area contributed by atoms with Crippen molar-refractivity contribution in [3.63, 3.8) is 0 Å². The number of nitrogens with two attached hydrogens (primary N) is 1. The molecule has 2 atom stereocenters. The number of hydrogen-bond acceptors (Lipinski definition) is 4. The standard InChI is InChI=1S/C20H27N3O2/c1-4-11-20(3,21)19(24)23-15(2)16-8-7-10-18(13-16)25-14-17-9-5-6-12-22-17/h5-10,12-13,15H,4,11,14,21H2,1-3H3,(H,23,24). The van der Waals surface area contributed by atoms with Crippen LogP contribution in [0.4, 0.5) is 0 Å². The average molecular weight is 341 g/mol. The lowest BCUT2D eigenvalue weighted by Gasteiger charge is -2.25. The number of ether oxygens (including phenoxy) is 1. The van der Waals surface area contributed by atoms with Crippen LogP contribution in [0, 0.1) is 0 Å². The molecule has 5 heteroatoms. The summed E-state index contributed by atoms with van der Waals surface area (Å²) < 4.78 is 5.79. The summed E-state index contributed by atoms with van der Waals surface area (Å²) in [5.41, 5.74) is 7.08. The molecule has 1 amide bonds. The smallest absolute Gasteiger partial charge is 0.240 e. The molecule has 0 aliphatic rings. The van der Waals surface area contributed by atoms with Crippen molar-refractivity contribution in [2.24, 2.45) is 5.73 Å². The van der Waals surface area contributed by atoms with Crippen LogP contribution in [-0.2, 0) is 11.4 Å². The minimum atomic E-state index is -0.851. The van der Waals surface area contributed by atoms with Gasteiger partial charge in [-0.2, -0.15) is 0 Å².